The van der Waals surface area contributed by atoms with Crippen LogP contribution in [0.25, 0.3) is 0 Å². The van der Waals surface area contributed by atoms with Crippen molar-refractivity contribution in [1.82, 2.24) is 10.2 Å². The summed E-state index contributed by atoms with van der Waals surface area (Å²) >= 11 is 0. The second-order valence-electron chi connectivity index (χ2n) is 6.63. The van der Waals surface area contributed by atoms with Crippen LogP contribution < -0.4 is 15.4 Å². The average Bonchev–Trinajstić information content (AvgIpc) is 3.08. The number of carbonyl (C=O) groups is 3. The maximum atomic E-state index is 12.7. The summed E-state index contributed by atoms with van der Waals surface area (Å²) in [4.78, 5) is 37.3. The summed E-state index contributed by atoms with van der Waals surface area (Å²) in [5, 5.41) is 5.53. The first-order chi connectivity index (χ1) is 14.0. The summed E-state index contributed by atoms with van der Waals surface area (Å²) in [6.45, 7) is 1.95. The molecule has 0 spiro atoms. The van der Waals surface area contributed by atoms with Crippen LogP contribution in [0.2, 0.25) is 0 Å². The number of hydrogen-bond acceptors (Lipinski definition) is 5. The van der Waals surface area contributed by atoms with Crippen LogP contribution in [0.1, 0.15) is 18.1 Å². The first-order valence-corrected chi connectivity index (χ1v) is 9.17. The zero-order valence-corrected chi connectivity index (χ0v) is 16.3. The molecule has 8 heteroatoms. The standard InChI is InChI=1S/C21H23N3O5/c1-14(25)23-17-9-7-15(8-10-17)12-24-18(13-29-21(24)27)20(26)22-11-16-5-3-4-6-19(16)28-2/h3-10,18H,11-13H2,1-2H3,(H,22,26)(H,23,25)/t18-/m0/s1. The van der Waals surface area contributed by atoms with Crippen molar-refractivity contribution in [2.75, 3.05) is 19.0 Å². The van der Waals surface area contributed by atoms with E-state index < -0.39 is 12.1 Å². The number of para-hydroxylation sites is 1. The lowest BCUT2D eigenvalue weighted by Crippen LogP contribution is -2.45. The predicted molar refractivity (Wildman–Crippen MR) is 106 cm³/mol. The van der Waals surface area contributed by atoms with Crippen LogP contribution in [0, 0.1) is 0 Å². The third kappa shape index (κ3) is 5.04. The zero-order valence-electron chi connectivity index (χ0n) is 16.3. The van der Waals surface area contributed by atoms with Crippen LogP contribution in [0.5, 0.6) is 5.75 Å². The summed E-state index contributed by atoms with van der Waals surface area (Å²) in [5.41, 5.74) is 2.32. The van der Waals surface area contributed by atoms with E-state index in [2.05, 4.69) is 10.6 Å². The van der Waals surface area contributed by atoms with E-state index in [1.165, 1.54) is 11.8 Å². The zero-order chi connectivity index (χ0) is 20.8. The van der Waals surface area contributed by atoms with E-state index in [0.29, 0.717) is 11.4 Å². The Morgan fingerprint density at radius 1 is 1.17 bits per heavy atom. The van der Waals surface area contributed by atoms with Gasteiger partial charge in [0.05, 0.1) is 13.7 Å². The van der Waals surface area contributed by atoms with Crippen molar-refractivity contribution in [3.63, 3.8) is 0 Å². The van der Waals surface area contributed by atoms with Gasteiger partial charge in [-0.15, -0.1) is 0 Å². The molecule has 2 aromatic carbocycles. The van der Waals surface area contributed by atoms with Gasteiger partial charge < -0.3 is 20.1 Å². The number of cyclic esters (lactones) is 1. The molecule has 0 unspecified atom stereocenters. The molecule has 8 nitrogen and oxygen atoms in total. The number of anilines is 1. The topological polar surface area (TPSA) is 97.0 Å². The Labute approximate surface area is 168 Å². The minimum atomic E-state index is -0.716. The second kappa shape index (κ2) is 9.09. The number of hydrogen-bond donors (Lipinski definition) is 2. The van der Waals surface area contributed by atoms with Crippen LogP contribution in [0.15, 0.2) is 48.5 Å². The Hall–Kier alpha value is -3.55. The van der Waals surface area contributed by atoms with Crippen molar-refractivity contribution in [3.05, 3.63) is 59.7 Å². The predicted octanol–water partition coefficient (Wildman–Crippen LogP) is 2.29. The summed E-state index contributed by atoms with van der Waals surface area (Å²) in [6.07, 6.45) is -0.534. The first-order valence-electron chi connectivity index (χ1n) is 9.17. The average molecular weight is 397 g/mol. The third-order valence-corrected chi connectivity index (χ3v) is 4.55. The lowest BCUT2D eigenvalue weighted by atomic mass is 10.1. The molecule has 0 aromatic heterocycles. The fraction of sp³-hybridized carbons (Fsp3) is 0.286. The number of nitrogens with one attached hydrogen (secondary N) is 2. The molecule has 0 aliphatic carbocycles. The highest BCUT2D eigenvalue weighted by molar-refractivity contribution is 5.89. The minimum Gasteiger partial charge on any atom is -0.496 e. The molecule has 29 heavy (non-hydrogen) atoms. The Kier molecular flexibility index (Phi) is 6.33. The van der Waals surface area contributed by atoms with E-state index in [1.54, 1.807) is 31.4 Å². The molecule has 0 bridgehead atoms. The quantitative estimate of drug-likeness (QED) is 0.747. The number of methoxy groups -OCH3 is 1. The van der Waals surface area contributed by atoms with Crippen molar-refractivity contribution in [2.45, 2.75) is 26.1 Å². The van der Waals surface area contributed by atoms with Gasteiger partial charge in [0.1, 0.15) is 18.4 Å². The van der Waals surface area contributed by atoms with Crippen LogP contribution in [-0.2, 0) is 27.4 Å². The van der Waals surface area contributed by atoms with Crippen molar-refractivity contribution < 1.29 is 23.9 Å². The van der Waals surface area contributed by atoms with Crippen molar-refractivity contribution in [1.29, 1.82) is 0 Å². The van der Waals surface area contributed by atoms with Gasteiger partial charge in [0.15, 0.2) is 0 Å². The van der Waals surface area contributed by atoms with Crippen LogP contribution in [0.4, 0.5) is 10.5 Å². The minimum absolute atomic E-state index is 0.000562. The molecule has 1 fully saturated rings. The number of amides is 3. The third-order valence-electron chi connectivity index (χ3n) is 4.55. The van der Waals surface area contributed by atoms with E-state index in [9.17, 15) is 14.4 Å². The monoisotopic (exact) mass is 397 g/mol. The number of rotatable bonds is 7. The van der Waals surface area contributed by atoms with Gasteiger partial charge in [-0.3, -0.25) is 14.5 Å². The molecule has 0 radical (unpaired) electrons. The Morgan fingerprint density at radius 3 is 2.59 bits per heavy atom. The van der Waals surface area contributed by atoms with Crippen molar-refractivity contribution >= 4 is 23.6 Å². The molecule has 3 rings (SSSR count). The molecule has 3 amide bonds. The fourth-order valence-electron chi connectivity index (χ4n) is 3.08. The smallest absolute Gasteiger partial charge is 0.410 e. The van der Waals surface area contributed by atoms with Crippen LogP contribution >= 0.6 is 0 Å². The SMILES string of the molecule is COc1ccccc1CNC(=O)[C@@H]1COC(=O)N1Cc1ccc(NC(C)=O)cc1. The molecule has 1 saturated heterocycles. The second-order valence-corrected chi connectivity index (χ2v) is 6.63. The molecule has 1 aliphatic rings. The van der Waals surface area contributed by atoms with Gasteiger partial charge in [0.2, 0.25) is 11.8 Å². The lowest BCUT2D eigenvalue weighted by Gasteiger charge is -2.21. The molecular formula is C21H23N3O5. The van der Waals surface area contributed by atoms with Gasteiger partial charge in [-0.2, -0.15) is 0 Å². The highest BCUT2D eigenvalue weighted by Gasteiger charge is 2.37. The Morgan fingerprint density at radius 2 is 1.90 bits per heavy atom. The molecule has 1 atom stereocenters. The highest BCUT2D eigenvalue weighted by atomic mass is 16.6. The molecule has 1 heterocycles. The van der Waals surface area contributed by atoms with Crippen molar-refractivity contribution in [3.8, 4) is 5.75 Å². The number of benzene rings is 2. The summed E-state index contributed by atoms with van der Waals surface area (Å²) < 4.78 is 10.4. The summed E-state index contributed by atoms with van der Waals surface area (Å²) in [7, 11) is 1.57. The van der Waals surface area contributed by atoms with Gasteiger partial charge in [-0.25, -0.2) is 4.79 Å². The molecule has 152 valence electrons. The molecule has 2 aromatic rings. The summed E-state index contributed by atoms with van der Waals surface area (Å²) in [6, 6.07) is 13.8. The van der Waals surface area contributed by atoms with Gasteiger partial charge >= 0.3 is 6.09 Å². The maximum Gasteiger partial charge on any atom is 0.410 e. The number of ether oxygens (including phenoxy) is 2. The highest BCUT2D eigenvalue weighted by Crippen LogP contribution is 2.20. The van der Waals surface area contributed by atoms with Gasteiger partial charge in [0.25, 0.3) is 0 Å². The van der Waals surface area contributed by atoms with E-state index in [0.717, 1.165) is 11.1 Å². The lowest BCUT2D eigenvalue weighted by molar-refractivity contribution is -0.125. The van der Waals surface area contributed by atoms with Crippen LogP contribution in [0.3, 0.4) is 0 Å². The number of nitrogens with zero attached hydrogens (tertiary/aromatic N) is 1. The van der Waals surface area contributed by atoms with E-state index in [1.807, 2.05) is 24.3 Å². The molecular weight excluding hydrogens is 374 g/mol. The van der Waals surface area contributed by atoms with Gasteiger partial charge in [0, 0.05) is 24.7 Å². The van der Waals surface area contributed by atoms with Gasteiger partial charge in [-0.05, 0) is 23.8 Å². The molecule has 0 saturated carbocycles. The largest absolute Gasteiger partial charge is 0.496 e. The van der Waals surface area contributed by atoms with Crippen LogP contribution in [-0.4, -0.2) is 42.6 Å². The fourth-order valence-corrected chi connectivity index (χ4v) is 3.08. The Balaban J connectivity index is 1.63. The van der Waals surface area contributed by atoms with E-state index in [4.69, 9.17) is 9.47 Å². The summed E-state index contributed by atoms with van der Waals surface area (Å²) in [5.74, 6) is 0.229. The number of carbonyl (C=O) groups excluding carboxylic acids is 3. The van der Waals surface area contributed by atoms with E-state index in [-0.39, 0.29) is 31.5 Å². The van der Waals surface area contributed by atoms with Crippen molar-refractivity contribution in [2.24, 2.45) is 0 Å². The van der Waals surface area contributed by atoms with E-state index >= 15 is 0 Å². The molecule has 2 N–H and O–H groups in total. The Bertz CT molecular complexity index is 897. The normalized spacial score (nSPS) is 15.6. The first kappa shape index (κ1) is 20.2. The maximum absolute atomic E-state index is 12.7. The molecule has 1 aliphatic heterocycles. The van der Waals surface area contributed by atoms with Gasteiger partial charge in [-0.1, -0.05) is 30.3 Å².